The van der Waals surface area contributed by atoms with E-state index in [0.29, 0.717) is 0 Å². The third kappa shape index (κ3) is 1.56. The molecule has 3 heteroatoms. The number of rotatable bonds is 0. The van der Waals surface area contributed by atoms with E-state index in [4.69, 9.17) is 0 Å². The van der Waals surface area contributed by atoms with Crippen molar-refractivity contribution in [3.8, 4) is 0 Å². The van der Waals surface area contributed by atoms with Crippen LogP contribution in [0.5, 0.6) is 0 Å². The van der Waals surface area contributed by atoms with E-state index in [1.165, 1.54) is 61.8 Å². The zero-order chi connectivity index (χ0) is 15.0. The van der Waals surface area contributed by atoms with Crippen molar-refractivity contribution in [2.45, 2.75) is 44.2 Å². The molecule has 7 rings (SSSR count). The molecule has 23 heavy (non-hydrogen) atoms. The van der Waals surface area contributed by atoms with Gasteiger partial charge in [0.15, 0.2) is 6.04 Å². The topological polar surface area (TPSA) is 30.8 Å². The van der Waals surface area contributed by atoms with Gasteiger partial charge >= 0.3 is 0 Å². The standard InChI is InChI=1S/C20H23N3/c1-2-6-16-12(4-1)13-9-11-23-17-8-7-15(20(23)19(13)22-16)18-14(17)5-3-10-21-18/h1-2,4,6,14-15,17-18,21H,3,5,7-11H2/p+1/t14-,15+,17-,18-/m1/s1. The highest BCUT2D eigenvalue weighted by molar-refractivity contribution is 6.05. The van der Waals surface area contributed by atoms with Gasteiger partial charge in [-0.15, -0.1) is 0 Å². The van der Waals surface area contributed by atoms with Gasteiger partial charge in [0.1, 0.15) is 12.2 Å². The summed E-state index contributed by atoms with van der Waals surface area (Å²) in [4.78, 5) is 3.79. The molecule has 1 aliphatic carbocycles. The minimum atomic E-state index is 0.720. The maximum absolute atomic E-state index is 3.89. The number of fused-ring (bicyclic) bond motifs is 4. The Morgan fingerprint density at radius 1 is 1.09 bits per heavy atom. The zero-order valence-electron chi connectivity index (χ0n) is 13.5. The van der Waals surface area contributed by atoms with Crippen molar-refractivity contribution in [3.05, 3.63) is 35.5 Å². The van der Waals surface area contributed by atoms with Gasteiger partial charge in [0, 0.05) is 35.7 Å². The number of nitrogens with zero attached hydrogens (tertiary/aromatic N) is 1. The highest BCUT2D eigenvalue weighted by Crippen LogP contribution is 2.44. The number of H-pyrrole nitrogens is 1. The van der Waals surface area contributed by atoms with Gasteiger partial charge in [0.25, 0.3) is 0 Å². The van der Waals surface area contributed by atoms with Crippen molar-refractivity contribution in [3.63, 3.8) is 0 Å². The van der Waals surface area contributed by atoms with E-state index >= 15 is 0 Å². The van der Waals surface area contributed by atoms with Crippen LogP contribution in [-0.2, 0) is 6.42 Å². The fourth-order valence-corrected chi connectivity index (χ4v) is 6.17. The molecule has 2 N–H and O–H groups in total. The monoisotopic (exact) mass is 306 g/mol. The second-order valence-electron chi connectivity index (χ2n) is 7.89. The second kappa shape index (κ2) is 4.47. The van der Waals surface area contributed by atoms with Crippen molar-refractivity contribution in [2.75, 3.05) is 13.1 Å². The van der Waals surface area contributed by atoms with Gasteiger partial charge in [0.2, 0.25) is 5.71 Å². The summed E-state index contributed by atoms with van der Waals surface area (Å²) in [5.74, 6) is 1.61. The Labute approximate surface area is 136 Å². The Morgan fingerprint density at radius 3 is 3.04 bits per heavy atom. The summed E-state index contributed by atoms with van der Waals surface area (Å²) in [5.41, 5.74) is 6.01. The summed E-state index contributed by atoms with van der Waals surface area (Å²) in [6.07, 6.45) is 6.79. The second-order valence-corrected chi connectivity index (χ2v) is 7.89. The number of aromatic nitrogens is 1. The highest BCUT2D eigenvalue weighted by Gasteiger charge is 2.56. The summed E-state index contributed by atoms with van der Waals surface area (Å²) in [5, 5.41) is 5.34. The highest BCUT2D eigenvalue weighted by atomic mass is 15.1. The van der Waals surface area contributed by atoms with Crippen LogP contribution < -0.4 is 5.32 Å². The molecule has 1 saturated heterocycles. The molecule has 2 fully saturated rings. The molecule has 2 bridgehead atoms. The van der Waals surface area contributed by atoms with E-state index in [0.717, 1.165) is 23.9 Å². The Morgan fingerprint density at radius 2 is 2.04 bits per heavy atom. The van der Waals surface area contributed by atoms with Crippen LogP contribution in [0.1, 0.15) is 36.9 Å². The SMILES string of the molecule is c1ccc2c3c([nH]c2c1)C1=[N+](CC3)[C@@H]2CC[C@H]1[C@@H]1NCCC[C@@H]12. The van der Waals surface area contributed by atoms with Gasteiger partial charge in [-0.25, -0.2) is 4.58 Å². The largest absolute Gasteiger partial charge is 0.350 e. The lowest BCUT2D eigenvalue weighted by molar-refractivity contribution is -0.592. The quantitative estimate of drug-likeness (QED) is 0.720. The Kier molecular flexibility index (Phi) is 2.48. The molecule has 1 aromatic carbocycles. The average molecular weight is 306 g/mol. The summed E-state index contributed by atoms with van der Waals surface area (Å²) in [6, 6.07) is 10.4. The van der Waals surface area contributed by atoms with Crippen LogP contribution in [0.15, 0.2) is 24.3 Å². The molecule has 5 aliphatic rings. The molecule has 3 nitrogen and oxygen atoms in total. The molecule has 5 heterocycles. The first-order valence-corrected chi connectivity index (χ1v) is 9.38. The molecule has 4 atom stereocenters. The van der Waals surface area contributed by atoms with Gasteiger partial charge in [-0.05, 0) is 37.4 Å². The van der Waals surface area contributed by atoms with Crippen molar-refractivity contribution in [1.82, 2.24) is 10.3 Å². The van der Waals surface area contributed by atoms with Crippen molar-refractivity contribution in [1.29, 1.82) is 0 Å². The summed E-state index contributed by atoms with van der Waals surface area (Å²) in [6.45, 7) is 2.45. The van der Waals surface area contributed by atoms with E-state index in [-0.39, 0.29) is 0 Å². The summed E-state index contributed by atoms with van der Waals surface area (Å²) < 4.78 is 2.81. The molecule has 1 saturated carbocycles. The number of piperidine rings is 1. The first-order chi connectivity index (χ1) is 11.4. The molecule has 2 aromatic rings. The third-order valence-electron chi connectivity index (χ3n) is 6.99. The van der Waals surface area contributed by atoms with Gasteiger partial charge in [-0.2, -0.15) is 0 Å². The fourth-order valence-electron chi connectivity index (χ4n) is 6.17. The van der Waals surface area contributed by atoms with Crippen LogP contribution in [0.3, 0.4) is 0 Å². The van der Waals surface area contributed by atoms with Gasteiger partial charge < -0.3 is 10.3 Å². The Balaban J connectivity index is 1.58. The zero-order valence-corrected chi connectivity index (χ0v) is 13.5. The molecular formula is C20H24N3+. The predicted molar refractivity (Wildman–Crippen MR) is 92.3 cm³/mol. The molecular weight excluding hydrogens is 282 g/mol. The van der Waals surface area contributed by atoms with Gasteiger partial charge in [0.05, 0.1) is 5.92 Å². The molecule has 1 aromatic heterocycles. The summed E-state index contributed by atoms with van der Waals surface area (Å²) >= 11 is 0. The third-order valence-corrected chi connectivity index (χ3v) is 6.99. The molecule has 0 spiro atoms. The van der Waals surface area contributed by atoms with Crippen LogP contribution in [0, 0.1) is 11.8 Å². The van der Waals surface area contributed by atoms with Crippen LogP contribution in [-0.4, -0.2) is 40.4 Å². The smallest absolute Gasteiger partial charge is 0.204 e. The molecule has 0 amide bonds. The number of para-hydroxylation sites is 1. The van der Waals surface area contributed by atoms with Crippen LogP contribution in [0.2, 0.25) is 0 Å². The van der Waals surface area contributed by atoms with E-state index < -0.39 is 0 Å². The first kappa shape index (κ1) is 12.8. The van der Waals surface area contributed by atoms with Crippen molar-refractivity contribution in [2.24, 2.45) is 11.8 Å². The van der Waals surface area contributed by atoms with Gasteiger partial charge in [-0.1, -0.05) is 18.2 Å². The first-order valence-electron chi connectivity index (χ1n) is 9.38. The van der Waals surface area contributed by atoms with Crippen molar-refractivity contribution >= 4 is 16.6 Å². The number of nitrogens with one attached hydrogen (secondary N) is 2. The maximum atomic E-state index is 3.89. The lowest BCUT2D eigenvalue weighted by atomic mass is 9.64. The van der Waals surface area contributed by atoms with Crippen molar-refractivity contribution < 1.29 is 4.58 Å². The number of benzene rings is 1. The molecule has 4 aliphatic heterocycles. The Bertz CT molecular complexity index is 831. The maximum Gasteiger partial charge on any atom is 0.204 e. The van der Waals surface area contributed by atoms with E-state index in [2.05, 4.69) is 39.1 Å². The molecule has 0 radical (unpaired) electrons. The van der Waals surface area contributed by atoms with Crippen LogP contribution >= 0.6 is 0 Å². The van der Waals surface area contributed by atoms with E-state index in [9.17, 15) is 0 Å². The van der Waals surface area contributed by atoms with Crippen LogP contribution in [0.25, 0.3) is 10.9 Å². The van der Waals surface area contributed by atoms with E-state index in [1.807, 2.05) is 0 Å². The number of aromatic amines is 1. The average Bonchev–Trinajstić information content (AvgIpc) is 3.01. The molecule has 0 unspecified atom stereocenters. The predicted octanol–water partition coefficient (Wildman–Crippen LogP) is 2.69. The number of hydrogen-bond acceptors (Lipinski definition) is 1. The van der Waals surface area contributed by atoms with Crippen LogP contribution in [0.4, 0.5) is 0 Å². The summed E-state index contributed by atoms with van der Waals surface area (Å²) in [7, 11) is 0. The lowest BCUT2D eigenvalue weighted by Gasteiger charge is -2.49. The normalized spacial score (nSPS) is 35.1. The van der Waals surface area contributed by atoms with Gasteiger partial charge in [-0.3, -0.25) is 0 Å². The fraction of sp³-hybridized carbons (Fsp3) is 0.550. The molecule has 118 valence electrons. The minimum Gasteiger partial charge on any atom is -0.350 e. The van der Waals surface area contributed by atoms with E-state index in [1.54, 1.807) is 11.3 Å². The lowest BCUT2D eigenvalue weighted by Crippen LogP contribution is -2.65. The minimum absolute atomic E-state index is 0.720. The number of hydrogen-bond donors (Lipinski definition) is 2. The Hall–Kier alpha value is -1.61.